The lowest BCUT2D eigenvalue weighted by atomic mass is 10.1. The Bertz CT molecular complexity index is 919. The van der Waals surface area contributed by atoms with E-state index in [0.717, 1.165) is 5.69 Å². The molecule has 12 nitrogen and oxygen atoms in total. The monoisotopic (exact) mass is 375 g/mol. The summed E-state index contributed by atoms with van der Waals surface area (Å²) in [5, 5.41) is 45.6. The Labute approximate surface area is 151 Å². The Morgan fingerprint density at radius 2 is 1.26 bits per heavy atom. The summed E-state index contributed by atoms with van der Waals surface area (Å²) < 4.78 is 0.223. The Kier molecular flexibility index (Phi) is 5.29. The molecule has 2 aromatic carbocycles. The summed E-state index contributed by atoms with van der Waals surface area (Å²) in [6, 6.07) is 7.24. The van der Waals surface area contributed by atoms with E-state index < -0.39 is 37.4 Å². The van der Waals surface area contributed by atoms with Gasteiger partial charge in [0.05, 0.1) is 26.9 Å². The standard InChI is InChI=1S/C15H13N5O7/c1-16(2)10-3-5-11(6-4-10)17(21)9-13-14(19(24)25)7-12(18(22)23)8-15(13)20(26)27/h3-9H,1-2H3. The van der Waals surface area contributed by atoms with Crippen LogP contribution in [0.1, 0.15) is 5.56 Å². The van der Waals surface area contributed by atoms with Crippen molar-refractivity contribution in [2.45, 2.75) is 0 Å². The molecule has 0 amide bonds. The number of anilines is 1. The lowest BCUT2D eigenvalue weighted by Crippen LogP contribution is -2.09. The van der Waals surface area contributed by atoms with Gasteiger partial charge < -0.3 is 10.1 Å². The summed E-state index contributed by atoms with van der Waals surface area (Å²) in [6.45, 7) is 0. The van der Waals surface area contributed by atoms with Crippen molar-refractivity contribution in [1.82, 2.24) is 0 Å². The van der Waals surface area contributed by atoms with Crippen molar-refractivity contribution in [2.24, 2.45) is 0 Å². The number of non-ortho nitro benzene ring substituents is 1. The molecule has 0 aliphatic heterocycles. The first-order valence-electron chi connectivity index (χ1n) is 7.31. The van der Waals surface area contributed by atoms with Gasteiger partial charge >= 0.3 is 0 Å². The maximum atomic E-state index is 12.3. The minimum atomic E-state index is -1.02. The first kappa shape index (κ1) is 19.2. The van der Waals surface area contributed by atoms with E-state index in [-0.39, 0.29) is 10.4 Å². The molecule has 0 radical (unpaired) electrons. The van der Waals surface area contributed by atoms with Crippen LogP contribution in [-0.4, -0.2) is 39.8 Å². The summed E-state index contributed by atoms with van der Waals surface area (Å²) in [6.07, 6.45) is 0.657. The van der Waals surface area contributed by atoms with Crippen molar-refractivity contribution in [3.63, 3.8) is 0 Å². The highest BCUT2D eigenvalue weighted by atomic mass is 16.6. The fraction of sp³-hybridized carbons (Fsp3) is 0.133. The molecule has 140 valence electrons. The number of rotatable bonds is 6. The summed E-state index contributed by atoms with van der Waals surface area (Å²) >= 11 is 0. The Morgan fingerprint density at radius 1 is 0.778 bits per heavy atom. The molecule has 2 rings (SSSR count). The summed E-state index contributed by atoms with van der Waals surface area (Å²) in [4.78, 5) is 32.1. The fourth-order valence-electron chi connectivity index (χ4n) is 2.24. The van der Waals surface area contributed by atoms with Crippen LogP contribution in [0.5, 0.6) is 0 Å². The number of benzene rings is 2. The van der Waals surface area contributed by atoms with Gasteiger partial charge in [-0.05, 0) is 12.1 Å². The molecule has 0 unspecified atom stereocenters. The molecule has 0 bridgehead atoms. The Hall–Kier alpha value is -4.09. The van der Waals surface area contributed by atoms with E-state index in [1.165, 1.54) is 12.1 Å². The van der Waals surface area contributed by atoms with Crippen LogP contribution in [0.15, 0.2) is 36.4 Å². The molecule has 0 N–H and O–H groups in total. The van der Waals surface area contributed by atoms with Crippen LogP contribution in [0, 0.1) is 35.6 Å². The highest BCUT2D eigenvalue weighted by Gasteiger charge is 2.31. The Balaban J connectivity index is 2.64. The van der Waals surface area contributed by atoms with E-state index in [4.69, 9.17) is 0 Å². The zero-order valence-corrected chi connectivity index (χ0v) is 14.1. The predicted molar refractivity (Wildman–Crippen MR) is 95.6 cm³/mol. The van der Waals surface area contributed by atoms with Crippen LogP contribution in [-0.2, 0) is 0 Å². The van der Waals surface area contributed by atoms with Crippen molar-refractivity contribution in [2.75, 3.05) is 19.0 Å². The van der Waals surface area contributed by atoms with Gasteiger partial charge in [-0.2, -0.15) is 4.74 Å². The zero-order chi connectivity index (χ0) is 20.3. The average Bonchev–Trinajstić information content (AvgIpc) is 2.61. The lowest BCUT2D eigenvalue weighted by molar-refractivity contribution is -0.404. The van der Waals surface area contributed by atoms with E-state index in [9.17, 15) is 35.6 Å². The molecule has 12 heteroatoms. The first-order valence-corrected chi connectivity index (χ1v) is 7.31. The van der Waals surface area contributed by atoms with Crippen molar-refractivity contribution in [3.8, 4) is 0 Å². The molecule has 0 fully saturated rings. The highest BCUT2D eigenvalue weighted by molar-refractivity contribution is 5.90. The topological polar surface area (TPSA) is 159 Å². The summed E-state index contributed by atoms with van der Waals surface area (Å²) in [7, 11) is 3.58. The fourth-order valence-corrected chi connectivity index (χ4v) is 2.24. The van der Waals surface area contributed by atoms with Gasteiger partial charge in [-0.25, -0.2) is 0 Å². The van der Waals surface area contributed by atoms with Crippen molar-refractivity contribution in [3.05, 3.63) is 77.5 Å². The van der Waals surface area contributed by atoms with Gasteiger partial charge in [0.25, 0.3) is 17.1 Å². The zero-order valence-electron chi connectivity index (χ0n) is 14.1. The largest absolute Gasteiger partial charge is 0.618 e. The summed E-state index contributed by atoms with van der Waals surface area (Å²) in [5.74, 6) is 0. The molecular formula is C15H13N5O7. The van der Waals surface area contributed by atoms with Crippen LogP contribution in [0.2, 0.25) is 0 Å². The number of nitro benzene ring substituents is 3. The molecule has 0 atom stereocenters. The van der Waals surface area contributed by atoms with Gasteiger partial charge in [-0.1, -0.05) is 0 Å². The van der Waals surface area contributed by atoms with Crippen molar-refractivity contribution in [1.29, 1.82) is 0 Å². The third kappa shape index (κ3) is 4.12. The van der Waals surface area contributed by atoms with Crippen LogP contribution < -0.4 is 4.90 Å². The normalized spacial score (nSPS) is 11.1. The number of nitrogens with zero attached hydrogens (tertiary/aromatic N) is 5. The quantitative estimate of drug-likeness (QED) is 0.245. The molecule has 0 saturated carbocycles. The SMILES string of the molecule is CN(C)c1ccc([N+]([O-])=Cc2c([N+](=O)[O-])cc([N+](=O)[O-])cc2[N+](=O)[O-])cc1. The maximum absolute atomic E-state index is 12.3. The predicted octanol–water partition coefficient (Wildman–Crippen LogP) is 2.74. The third-order valence-corrected chi connectivity index (χ3v) is 3.59. The van der Waals surface area contributed by atoms with Crippen LogP contribution in [0.4, 0.5) is 28.4 Å². The second-order valence-corrected chi connectivity index (χ2v) is 5.53. The van der Waals surface area contributed by atoms with Crippen LogP contribution in [0.3, 0.4) is 0 Å². The molecule has 0 aliphatic carbocycles. The lowest BCUT2D eigenvalue weighted by Gasteiger charge is -2.12. The molecule has 0 aliphatic rings. The van der Waals surface area contributed by atoms with Crippen LogP contribution >= 0.6 is 0 Å². The third-order valence-electron chi connectivity index (χ3n) is 3.59. The second kappa shape index (κ2) is 7.43. The number of hydrogen-bond donors (Lipinski definition) is 0. The van der Waals surface area contributed by atoms with E-state index >= 15 is 0 Å². The van der Waals surface area contributed by atoms with Crippen molar-refractivity contribution >= 4 is 34.7 Å². The molecule has 2 aromatic rings. The molecule has 27 heavy (non-hydrogen) atoms. The van der Waals surface area contributed by atoms with Gasteiger partial charge in [-0.3, -0.25) is 30.3 Å². The van der Waals surface area contributed by atoms with Crippen molar-refractivity contribution < 1.29 is 19.5 Å². The number of hydrogen-bond acceptors (Lipinski definition) is 8. The molecule has 0 aromatic heterocycles. The van der Waals surface area contributed by atoms with E-state index in [1.54, 1.807) is 31.1 Å². The van der Waals surface area contributed by atoms with Gasteiger partial charge in [0.15, 0.2) is 5.56 Å². The van der Waals surface area contributed by atoms with Gasteiger partial charge in [0, 0.05) is 31.9 Å². The second-order valence-electron chi connectivity index (χ2n) is 5.53. The highest BCUT2D eigenvalue weighted by Crippen LogP contribution is 2.32. The van der Waals surface area contributed by atoms with Crippen LogP contribution in [0.25, 0.3) is 0 Å². The minimum Gasteiger partial charge on any atom is -0.618 e. The van der Waals surface area contributed by atoms with Gasteiger partial charge in [-0.15, -0.1) is 0 Å². The van der Waals surface area contributed by atoms with E-state index in [0.29, 0.717) is 18.3 Å². The molecular weight excluding hydrogens is 362 g/mol. The number of nitro groups is 3. The van der Waals surface area contributed by atoms with E-state index in [2.05, 4.69) is 0 Å². The van der Waals surface area contributed by atoms with E-state index in [1.807, 2.05) is 0 Å². The molecule has 0 spiro atoms. The van der Waals surface area contributed by atoms with Gasteiger partial charge in [0.2, 0.25) is 11.9 Å². The van der Waals surface area contributed by atoms with Gasteiger partial charge in [0.1, 0.15) is 0 Å². The smallest absolute Gasteiger partial charge is 0.296 e. The first-order chi connectivity index (χ1) is 12.6. The molecule has 0 heterocycles. The molecule has 0 saturated heterocycles. The maximum Gasteiger partial charge on any atom is 0.296 e. The minimum absolute atomic E-state index is 0.0718. The Morgan fingerprint density at radius 3 is 1.63 bits per heavy atom. The average molecular weight is 375 g/mol. The summed E-state index contributed by atoms with van der Waals surface area (Å²) in [5.41, 5.74) is -2.43.